The molecule has 3 rings (SSSR count). The van der Waals surface area contributed by atoms with E-state index in [0.29, 0.717) is 0 Å². The molecule has 1 saturated carbocycles. The van der Waals surface area contributed by atoms with Crippen LogP contribution in [0.4, 0.5) is 0 Å². The maximum Gasteiger partial charge on any atom is 0.0688 e. The van der Waals surface area contributed by atoms with Crippen LogP contribution in [0.1, 0.15) is 54.1 Å². The van der Waals surface area contributed by atoms with Gasteiger partial charge < -0.3 is 5.32 Å². The summed E-state index contributed by atoms with van der Waals surface area (Å²) in [6.45, 7) is 3.10. The zero-order valence-corrected chi connectivity index (χ0v) is 13.3. The zero-order valence-electron chi connectivity index (χ0n) is 11.7. The monoisotopic (exact) mass is 305 g/mol. The minimum atomic E-state index is 0.226. The Balaban J connectivity index is 2.01. The van der Waals surface area contributed by atoms with Crippen molar-refractivity contribution in [1.82, 2.24) is 5.32 Å². The van der Waals surface area contributed by atoms with E-state index in [1.54, 1.807) is 11.3 Å². The predicted molar refractivity (Wildman–Crippen MR) is 87.9 cm³/mol. The third kappa shape index (κ3) is 2.65. The van der Waals surface area contributed by atoms with Crippen LogP contribution in [0.5, 0.6) is 0 Å². The average molecular weight is 306 g/mol. The highest BCUT2D eigenvalue weighted by Gasteiger charge is 2.26. The molecule has 2 aromatic rings. The second-order valence-corrected chi connectivity index (χ2v) is 6.74. The second-order valence-electron chi connectivity index (χ2n) is 5.38. The number of halogens is 1. The molecule has 1 unspecified atom stereocenters. The van der Waals surface area contributed by atoms with Crippen molar-refractivity contribution in [2.45, 2.75) is 38.1 Å². The van der Waals surface area contributed by atoms with Crippen molar-refractivity contribution >= 4 is 22.9 Å². The minimum absolute atomic E-state index is 0.226. The van der Waals surface area contributed by atoms with Gasteiger partial charge in [-0.3, -0.25) is 0 Å². The van der Waals surface area contributed by atoms with Crippen LogP contribution in [-0.4, -0.2) is 6.54 Å². The Morgan fingerprint density at radius 2 is 2.10 bits per heavy atom. The molecule has 1 aliphatic carbocycles. The van der Waals surface area contributed by atoms with Gasteiger partial charge in [0.1, 0.15) is 0 Å². The van der Waals surface area contributed by atoms with Gasteiger partial charge in [0, 0.05) is 4.88 Å². The molecule has 1 nitrogen and oxygen atoms in total. The van der Waals surface area contributed by atoms with Crippen molar-refractivity contribution in [1.29, 1.82) is 0 Å². The van der Waals surface area contributed by atoms with Gasteiger partial charge in [0.25, 0.3) is 0 Å². The molecule has 0 saturated heterocycles. The average Bonchev–Trinajstić information content (AvgIpc) is 2.81. The van der Waals surface area contributed by atoms with Crippen molar-refractivity contribution in [3.8, 4) is 0 Å². The van der Waals surface area contributed by atoms with Crippen molar-refractivity contribution in [2.75, 3.05) is 6.54 Å². The van der Waals surface area contributed by atoms with Crippen LogP contribution in [0.2, 0.25) is 5.02 Å². The summed E-state index contributed by atoms with van der Waals surface area (Å²) in [6, 6.07) is 11.1. The summed E-state index contributed by atoms with van der Waals surface area (Å²) in [6.07, 6.45) is 4.02. The molecule has 1 atom stereocenters. The van der Waals surface area contributed by atoms with Gasteiger partial charge >= 0.3 is 0 Å². The largest absolute Gasteiger partial charge is 0.306 e. The highest BCUT2D eigenvalue weighted by molar-refractivity contribution is 7.10. The first-order valence-electron chi connectivity index (χ1n) is 7.36. The van der Waals surface area contributed by atoms with Crippen LogP contribution < -0.4 is 5.32 Å². The van der Waals surface area contributed by atoms with Crippen LogP contribution in [0.25, 0.3) is 0 Å². The maximum absolute atomic E-state index is 6.37. The van der Waals surface area contributed by atoms with Gasteiger partial charge in [0.2, 0.25) is 0 Å². The summed E-state index contributed by atoms with van der Waals surface area (Å²) in [5, 5.41) is 6.57. The Hall–Kier alpha value is -0.830. The number of thiophene rings is 1. The normalized spacial score (nSPS) is 16.9. The van der Waals surface area contributed by atoms with E-state index in [1.165, 1.54) is 35.3 Å². The third-order valence-electron chi connectivity index (χ3n) is 4.17. The molecule has 1 aromatic carbocycles. The molecule has 0 bridgehead atoms. The van der Waals surface area contributed by atoms with E-state index in [9.17, 15) is 0 Å². The fourth-order valence-electron chi connectivity index (χ4n) is 2.92. The molecule has 106 valence electrons. The predicted octanol–water partition coefficient (Wildman–Crippen LogP) is 5.37. The van der Waals surface area contributed by atoms with Crippen LogP contribution in [0.3, 0.4) is 0 Å². The summed E-state index contributed by atoms with van der Waals surface area (Å²) < 4.78 is 0. The summed E-state index contributed by atoms with van der Waals surface area (Å²) >= 11 is 8.11. The summed E-state index contributed by atoms with van der Waals surface area (Å²) in [5.41, 5.74) is 2.91. The molecule has 20 heavy (non-hydrogen) atoms. The Morgan fingerprint density at radius 1 is 1.30 bits per heavy atom. The molecule has 0 radical (unpaired) electrons. The summed E-state index contributed by atoms with van der Waals surface area (Å²) in [5.74, 6) is 0.742. The molecule has 1 N–H and O–H groups in total. The van der Waals surface area contributed by atoms with Crippen molar-refractivity contribution < 1.29 is 0 Å². The summed E-state index contributed by atoms with van der Waals surface area (Å²) in [7, 11) is 0. The zero-order chi connectivity index (χ0) is 13.9. The molecule has 1 fully saturated rings. The van der Waals surface area contributed by atoms with Gasteiger partial charge in [-0.25, -0.2) is 0 Å². The van der Waals surface area contributed by atoms with Crippen LogP contribution in [0.15, 0.2) is 35.7 Å². The van der Waals surface area contributed by atoms with E-state index >= 15 is 0 Å². The SMILES string of the molecule is CCNC(c1ccccc1C1CCC1)c1sccc1Cl. The van der Waals surface area contributed by atoms with E-state index in [-0.39, 0.29) is 6.04 Å². The minimum Gasteiger partial charge on any atom is -0.306 e. The lowest BCUT2D eigenvalue weighted by atomic mass is 9.77. The van der Waals surface area contributed by atoms with E-state index in [1.807, 2.05) is 6.07 Å². The molecular formula is C17H20ClNS. The lowest BCUT2D eigenvalue weighted by Gasteiger charge is -2.30. The highest BCUT2D eigenvalue weighted by Crippen LogP contribution is 2.42. The molecule has 3 heteroatoms. The lowest BCUT2D eigenvalue weighted by Crippen LogP contribution is -2.24. The second kappa shape index (κ2) is 6.30. The summed E-state index contributed by atoms with van der Waals surface area (Å²) in [4.78, 5) is 1.24. The Kier molecular flexibility index (Phi) is 4.45. The van der Waals surface area contributed by atoms with Crippen LogP contribution >= 0.6 is 22.9 Å². The number of hydrogen-bond donors (Lipinski definition) is 1. The van der Waals surface area contributed by atoms with E-state index in [0.717, 1.165) is 17.5 Å². The Bertz CT molecular complexity index is 574. The van der Waals surface area contributed by atoms with Crippen LogP contribution in [-0.2, 0) is 0 Å². The van der Waals surface area contributed by atoms with Gasteiger partial charge in [-0.05, 0) is 47.9 Å². The third-order valence-corrected chi connectivity index (χ3v) is 5.59. The van der Waals surface area contributed by atoms with Crippen molar-refractivity contribution in [3.63, 3.8) is 0 Å². The highest BCUT2D eigenvalue weighted by atomic mass is 35.5. The van der Waals surface area contributed by atoms with Crippen molar-refractivity contribution in [3.05, 3.63) is 56.7 Å². The Labute approximate surface area is 130 Å². The fourth-order valence-corrected chi connectivity index (χ4v) is 4.18. The van der Waals surface area contributed by atoms with Gasteiger partial charge in [0.05, 0.1) is 11.1 Å². The van der Waals surface area contributed by atoms with E-state index < -0.39 is 0 Å². The van der Waals surface area contributed by atoms with E-state index in [4.69, 9.17) is 11.6 Å². The topological polar surface area (TPSA) is 12.0 Å². The molecule has 1 aliphatic rings. The van der Waals surface area contributed by atoms with Crippen molar-refractivity contribution in [2.24, 2.45) is 0 Å². The molecular weight excluding hydrogens is 286 g/mol. The number of rotatable bonds is 5. The van der Waals surface area contributed by atoms with Gasteiger partial charge in [-0.1, -0.05) is 49.2 Å². The smallest absolute Gasteiger partial charge is 0.0688 e. The molecule has 1 heterocycles. The fraction of sp³-hybridized carbons (Fsp3) is 0.412. The van der Waals surface area contributed by atoms with Gasteiger partial charge in [0.15, 0.2) is 0 Å². The van der Waals surface area contributed by atoms with Crippen LogP contribution in [0, 0.1) is 0 Å². The van der Waals surface area contributed by atoms with Gasteiger partial charge in [-0.2, -0.15) is 0 Å². The first kappa shape index (κ1) is 14.1. The number of hydrogen-bond acceptors (Lipinski definition) is 2. The number of benzene rings is 1. The molecule has 1 aromatic heterocycles. The quantitative estimate of drug-likeness (QED) is 0.783. The first-order valence-corrected chi connectivity index (χ1v) is 8.62. The molecule has 0 spiro atoms. The lowest BCUT2D eigenvalue weighted by molar-refractivity contribution is 0.414. The first-order chi connectivity index (χ1) is 9.81. The standard InChI is InChI=1S/C17H20ClNS/c1-2-19-16(17-15(18)10-11-20-17)14-9-4-3-8-13(14)12-6-5-7-12/h3-4,8-12,16,19H,2,5-7H2,1H3. The Morgan fingerprint density at radius 3 is 2.70 bits per heavy atom. The van der Waals surface area contributed by atoms with E-state index in [2.05, 4.69) is 41.9 Å². The number of nitrogens with one attached hydrogen (secondary N) is 1. The van der Waals surface area contributed by atoms with Gasteiger partial charge in [-0.15, -0.1) is 11.3 Å². The maximum atomic E-state index is 6.37. The molecule has 0 amide bonds. The molecule has 0 aliphatic heterocycles.